The van der Waals surface area contributed by atoms with Crippen molar-refractivity contribution in [2.75, 3.05) is 12.4 Å². The maximum Gasteiger partial charge on any atom is 0.355 e. The van der Waals surface area contributed by atoms with Crippen molar-refractivity contribution in [1.29, 1.82) is 0 Å². The lowest BCUT2D eigenvalue weighted by molar-refractivity contribution is 0.930. The summed E-state index contributed by atoms with van der Waals surface area (Å²) in [6, 6.07) is 7.18. The number of thiazole rings is 1. The van der Waals surface area contributed by atoms with Gasteiger partial charge in [-0.1, -0.05) is 29.8 Å². The molecule has 0 fully saturated rings. The monoisotopic (exact) mass is 346 g/mol. The minimum Gasteiger partial charge on any atom is -0.372 e. The molecule has 118 valence electrons. The fourth-order valence-electron chi connectivity index (χ4n) is 2.30. The van der Waals surface area contributed by atoms with Crippen LogP contribution in [0.2, 0.25) is 5.02 Å². The number of nitrogens with zero attached hydrogens (tertiary/aromatic N) is 3. The summed E-state index contributed by atoms with van der Waals surface area (Å²) in [6.45, 7) is 3.73. The van der Waals surface area contributed by atoms with Crippen LogP contribution in [0.5, 0.6) is 0 Å². The van der Waals surface area contributed by atoms with Crippen LogP contribution in [-0.4, -0.2) is 21.6 Å². The zero-order valence-electron chi connectivity index (χ0n) is 12.5. The number of benzene rings is 1. The predicted octanol–water partition coefficient (Wildman–Crippen LogP) is 3.66. The van der Waals surface area contributed by atoms with Crippen molar-refractivity contribution < 1.29 is 0 Å². The number of rotatable bonds is 5. The number of halogens is 1. The smallest absolute Gasteiger partial charge is 0.355 e. The van der Waals surface area contributed by atoms with Gasteiger partial charge in [0.1, 0.15) is 4.70 Å². The van der Waals surface area contributed by atoms with E-state index in [0.29, 0.717) is 22.2 Å². The van der Waals surface area contributed by atoms with E-state index in [1.165, 1.54) is 15.9 Å². The molecule has 0 unspecified atom stereocenters. The van der Waals surface area contributed by atoms with Gasteiger partial charge in [0.25, 0.3) is 0 Å². The van der Waals surface area contributed by atoms with E-state index in [4.69, 9.17) is 11.6 Å². The minimum absolute atomic E-state index is 0.407. The first kappa shape index (κ1) is 15.7. The van der Waals surface area contributed by atoms with E-state index in [0.717, 1.165) is 22.5 Å². The zero-order valence-corrected chi connectivity index (χ0v) is 14.1. The largest absolute Gasteiger partial charge is 0.372 e. The Balaban J connectivity index is 2.31. The fraction of sp³-hybridized carbons (Fsp3) is 0.188. The highest BCUT2D eigenvalue weighted by Gasteiger charge is 2.17. The summed E-state index contributed by atoms with van der Waals surface area (Å²) in [5.74, 6) is 0.538. The predicted molar refractivity (Wildman–Crippen MR) is 96.1 cm³/mol. The Hall–Kier alpha value is -2.18. The SMILES string of the molecule is C=CCCc1nc2c(s1)c(NC)nc(=O)n2-c1ccccc1Cl. The molecule has 1 N–H and O–H groups in total. The molecule has 5 nitrogen and oxygen atoms in total. The van der Waals surface area contributed by atoms with Crippen LogP contribution in [-0.2, 0) is 6.42 Å². The van der Waals surface area contributed by atoms with E-state index in [9.17, 15) is 4.79 Å². The molecule has 0 aliphatic rings. The molecule has 7 heteroatoms. The van der Waals surface area contributed by atoms with E-state index >= 15 is 0 Å². The summed E-state index contributed by atoms with van der Waals surface area (Å²) in [7, 11) is 1.74. The number of hydrogen-bond acceptors (Lipinski definition) is 5. The maximum absolute atomic E-state index is 12.5. The quantitative estimate of drug-likeness (QED) is 0.716. The topological polar surface area (TPSA) is 59.8 Å². The van der Waals surface area contributed by atoms with Crippen LogP contribution in [0, 0.1) is 0 Å². The third-order valence-electron chi connectivity index (χ3n) is 3.37. The zero-order chi connectivity index (χ0) is 16.4. The lowest BCUT2D eigenvalue weighted by Crippen LogP contribution is -2.23. The van der Waals surface area contributed by atoms with Gasteiger partial charge in [-0.15, -0.1) is 17.9 Å². The summed E-state index contributed by atoms with van der Waals surface area (Å²) < 4.78 is 2.30. The molecular formula is C16H15ClN4OS. The normalized spacial score (nSPS) is 10.9. The second-order valence-corrected chi connectivity index (χ2v) is 6.36. The lowest BCUT2D eigenvalue weighted by Gasteiger charge is -2.09. The summed E-state index contributed by atoms with van der Waals surface area (Å²) in [5, 5.41) is 4.38. The molecule has 0 aliphatic carbocycles. The van der Waals surface area contributed by atoms with Crippen LogP contribution in [0.3, 0.4) is 0 Å². The number of aromatic nitrogens is 3. The Bertz CT molecular complexity index is 931. The molecule has 1 aromatic carbocycles. The van der Waals surface area contributed by atoms with Crippen molar-refractivity contribution in [2.45, 2.75) is 12.8 Å². The molecule has 0 amide bonds. The average Bonchev–Trinajstić information content (AvgIpc) is 2.97. The summed E-state index contributed by atoms with van der Waals surface area (Å²) in [4.78, 5) is 21.2. The van der Waals surface area contributed by atoms with Crippen LogP contribution in [0.4, 0.5) is 5.82 Å². The van der Waals surface area contributed by atoms with E-state index in [1.807, 2.05) is 18.2 Å². The Morgan fingerprint density at radius 3 is 2.87 bits per heavy atom. The number of nitrogens with one attached hydrogen (secondary N) is 1. The van der Waals surface area contributed by atoms with Gasteiger partial charge in [-0.05, 0) is 18.6 Å². The molecule has 3 aromatic rings. The van der Waals surface area contributed by atoms with Gasteiger partial charge >= 0.3 is 5.69 Å². The van der Waals surface area contributed by atoms with Gasteiger partial charge in [-0.3, -0.25) is 0 Å². The molecule has 0 atom stereocenters. The molecule has 2 aromatic heterocycles. The van der Waals surface area contributed by atoms with Gasteiger partial charge in [0, 0.05) is 13.5 Å². The highest BCUT2D eigenvalue weighted by molar-refractivity contribution is 7.19. The number of para-hydroxylation sites is 1. The van der Waals surface area contributed by atoms with Crippen LogP contribution in [0.1, 0.15) is 11.4 Å². The standard InChI is InChI=1S/C16H15ClN4OS/c1-3-4-9-12-19-15-13(23-12)14(18-2)20-16(22)21(15)11-8-6-5-7-10(11)17/h3,5-8H,1,4,9H2,2H3,(H,18,20,22). The Kier molecular flexibility index (Phi) is 4.45. The van der Waals surface area contributed by atoms with Gasteiger partial charge in [0.2, 0.25) is 0 Å². The highest BCUT2D eigenvalue weighted by Crippen LogP contribution is 2.30. The summed E-state index contributed by atoms with van der Waals surface area (Å²) in [5.41, 5.74) is 0.752. The van der Waals surface area contributed by atoms with Crippen molar-refractivity contribution in [3.63, 3.8) is 0 Å². The van der Waals surface area contributed by atoms with E-state index in [1.54, 1.807) is 19.2 Å². The third-order valence-corrected chi connectivity index (χ3v) is 4.80. The summed E-state index contributed by atoms with van der Waals surface area (Å²) in [6.07, 6.45) is 3.46. The third kappa shape index (κ3) is 2.87. The average molecular weight is 347 g/mol. The highest BCUT2D eigenvalue weighted by atomic mass is 35.5. The first-order chi connectivity index (χ1) is 11.2. The second-order valence-electron chi connectivity index (χ2n) is 4.87. The number of aryl methyl sites for hydroxylation is 1. The Morgan fingerprint density at radius 1 is 1.39 bits per heavy atom. The van der Waals surface area contributed by atoms with Gasteiger partial charge in [-0.2, -0.15) is 4.98 Å². The minimum atomic E-state index is -0.407. The number of hydrogen-bond donors (Lipinski definition) is 1. The molecule has 3 rings (SSSR count). The van der Waals surface area contributed by atoms with E-state index in [-0.39, 0.29) is 0 Å². The van der Waals surface area contributed by atoms with Crippen molar-refractivity contribution in [2.24, 2.45) is 0 Å². The second kappa shape index (κ2) is 6.52. The number of allylic oxidation sites excluding steroid dienone is 1. The molecule has 0 saturated carbocycles. The van der Waals surface area contributed by atoms with Gasteiger partial charge < -0.3 is 5.32 Å². The van der Waals surface area contributed by atoms with Crippen LogP contribution in [0.25, 0.3) is 16.0 Å². The number of fused-ring (bicyclic) bond motifs is 1. The van der Waals surface area contributed by atoms with Crippen molar-refractivity contribution in [3.05, 3.63) is 57.4 Å². The van der Waals surface area contributed by atoms with Gasteiger partial charge in [0.15, 0.2) is 11.5 Å². The number of anilines is 1. The molecule has 0 spiro atoms. The first-order valence-electron chi connectivity index (χ1n) is 7.11. The lowest BCUT2D eigenvalue weighted by atomic mass is 10.3. The first-order valence-corrected chi connectivity index (χ1v) is 8.31. The Labute approximate surface area is 142 Å². The summed E-state index contributed by atoms with van der Waals surface area (Å²) >= 11 is 7.78. The molecule has 0 radical (unpaired) electrons. The molecule has 0 saturated heterocycles. The maximum atomic E-state index is 12.5. The van der Waals surface area contributed by atoms with Gasteiger partial charge in [-0.25, -0.2) is 14.3 Å². The molecule has 23 heavy (non-hydrogen) atoms. The molecule has 2 heterocycles. The fourth-order valence-corrected chi connectivity index (χ4v) is 3.58. The van der Waals surface area contributed by atoms with Crippen LogP contribution >= 0.6 is 22.9 Å². The van der Waals surface area contributed by atoms with Gasteiger partial charge in [0.05, 0.1) is 15.7 Å². The van der Waals surface area contributed by atoms with Crippen LogP contribution in [0.15, 0.2) is 41.7 Å². The van der Waals surface area contributed by atoms with Crippen molar-refractivity contribution in [3.8, 4) is 5.69 Å². The molecule has 0 aliphatic heterocycles. The van der Waals surface area contributed by atoms with Crippen LogP contribution < -0.4 is 11.0 Å². The Morgan fingerprint density at radius 2 is 2.17 bits per heavy atom. The van der Waals surface area contributed by atoms with Crippen molar-refractivity contribution in [1.82, 2.24) is 14.5 Å². The van der Waals surface area contributed by atoms with E-state index < -0.39 is 5.69 Å². The molecule has 0 bridgehead atoms. The molecular weight excluding hydrogens is 332 g/mol. The van der Waals surface area contributed by atoms with E-state index in [2.05, 4.69) is 21.9 Å². The van der Waals surface area contributed by atoms with Crippen molar-refractivity contribution >= 4 is 39.1 Å².